The molecule has 1 aliphatic carbocycles. The topological polar surface area (TPSA) is 54.7 Å². The zero-order valence-corrected chi connectivity index (χ0v) is 14.0. The average Bonchev–Trinajstić information content (AvgIpc) is 2.99. The lowest BCUT2D eigenvalue weighted by molar-refractivity contribution is 0.389. The first-order valence-electron chi connectivity index (χ1n) is 8.30. The zero-order chi connectivity index (χ0) is 16.7. The highest BCUT2D eigenvalue weighted by Crippen LogP contribution is 2.38. The fraction of sp³-hybridized carbons (Fsp3) is 0.316. The Morgan fingerprint density at radius 2 is 2.12 bits per heavy atom. The highest BCUT2D eigenvalue weighted by Gasteiger charge is 2.23. The number of pyridine rings is 1. The Labute approximate surface area is 145 Å². The standard InChI is InChI=1S/C19H19ClFN3/c20-16-10-23-19-15(18(16)12-4-1-5-13(21)7-12)9-17(24-19)11-3-2-6-14(22)8-11/h1,4-5,7,9-11,14H,2-3,6,8,22H2,(H,23,24)/t11-,14-/m0/s1. The van der Waals surface area contributed by atoms with E-state index in [1.807, 2.05) is 6.07 Å². The van der Waals surface area contributed by atoms with Crippen LogP contribution < -0.4 is 5.73 Å². The Bertz CT molecular complexity index is 889. The highest BCUT2D eigenvalue weighted by molar-refractivity contribution is 6.34. The van der Waals surface area contributed by atoms with Crippen LogP contribution in [0, 0.1) is 5.82 Å². The SMILES string of the molecule is N[C@H]1CCC[C@H](c2cc3c(-c4cccc(F)c4)c(Cl)cnc3[nH]2)C1. The third-order valence-electron chi connectivity index (χ3n) is 4.90. The van der Waals surface area contributed by atoms with Crippen LogP contribution in [0.15, 0.2) is 36.5 Å². The Kier molecular flexibility index (Phi) is 4.02. The van der Waals surface area contributed by atoms with Crippen LogP contribution in [0.1, 0.15) is 37.3 Å². The van der Waals surface area contributed by atoms with Crippen molar-refractivity contribution in [1.29, 1.82) is 0 Å². The molecule has 4 rings (SSSR count). The zero-order valence-electron chi connectivity index (χ0n) is 13.2. The van der Waals surface area contributed by atoms with Gasteiger partial charge in [-0.25, -0.2) is 9.37 Å². The number of halogens is 2. The van der Waals surface area contributed by atoms with Crippen LogP contribution in [0.25, 0.3) is 22.2 Å². The molecular formula is C19H19ClFN3. The van der Waals surface area contributed by atoms with Gasteiger partial charge < -0.3 is 10.7 Å². The van der Waals surface area contributed by atoms with Crippen LogP contribution in [-0.2, 0) is 0 Å². The summed E-state index contributed by atoms with van der Waals surface area (Å²) in [6.07, 6.45) is 5.97. The second-order valence-electron chi connectivity index (χ2n) is 6.60. The average molecular weight is 344 g/mol. The maximum Gasteiger partial charge on any atom is 0.138 e. The van der Waals surface area contributed by atoms with Gasteiger partial charge in [-0.1, -0.05) is 30.2 Å². The maximum atomic E-state index is 13.6. The van der Waals surface area contributed by atoms with E-state index in [4.69, 9.17) is 17.3 Å². The lowest BCUT2D eigenvalue weighted by Crippen LogP contribution is -2.26. The van der Waals surface area contributed by atoms with Crippen LogP contribution in [0.3, 0.4) is 0 Å². The molecule has 3 nitrogen and oxygen atoms in total. The van der Waals surface area contributed by atoms with Gasteiger partial charge in [-0.15, -0.1) is 0 Å². The van der Waals surface area contributed by atoms with E-state index in [2.05, 4.69) is 16.0 Å². The van der Waals surface area contributed by atoms with Crippen LogP contribution in [0.4, 0.5) is 4.39 Å². The minimum absolute atomic E-state index is 0.259. The fourth-order valence-corrected chi connectivity index (χ4v) is 4.00. The summed E-state index contributed by atoms with van der Waals surface area (Å²) in [4.78, 5) is 7.83. The number of fused-ring (bicyclic) bond motifs is 1. The molecule has 0 spiro atoms. The molecule has 1 aromatic carbocycles. The van der Waals surface area contributed by atoms with Crippen LogP contribution in [0.2, 0.25) is 5.02 Å². The maximum absolute atomic E-state index is 13.6. The molecule has 2 atom stereocenters. The summed E-state index contributed by atoms with van der Waals surface area (Å²) < 4.78 is 13.6. The first kappa shape index (κ1) is 15.6. The van der Waals surface area contributed by atoms with Gasteiger partial charge in [-0.3, -0.25) is 0 Å². The van der Waals surface area contributed by atoms with Crippen molar-refractivity contribution in [2.75, 3.05) is 0 Å². The molecule has 3 aromatic rings. The summed E-state index contributed by atoms with van der Waals surface area (Å²) in [5, 5.41) is 1.46. The number of H-pyrrole nitrogens is 1. The van der Waals surface area contributed by atoms with Gasteiger partial charge in [0.1, 0.15) is 11.5 Å². The van der Waals surface area contributed by atoms with Gasteiger partial charge in [0.2, 0.25) is 0 Å². The number of benzene rings is 1. The summed E-state index contributed by atoms with van der Waals surface area (Å²) in [5.41, 5.74) is 9.64. The predicted octanol–water partition coefficient (Wildman–Crippen LogP) is 5.01. The Morgan fingerprint density at radius 3 is 2.92 bits per heavy atom. The molecule has 5 heteroatoms. The number of aromatic nitrogens is 2. The van der Waals surface area contributed by atoms with E-state index in [0.717, 1.165) is 53.5 Å². The molecule has 0 unspecified atom stereocenters. The highest BCUT2D eigenvalue weighted by atomic mass is 35.5. The minimum atomic E-state index is -0.275. The molecule has 24 heavy (non-hydrogen) atoms. The summed E-state index contributed by atoms with van der Waals surface area (Å²) in [6.45, 7) is 0. The molecule has 0 radical (unpaired) electrons. The molecule has 124 valence electrons. The van der Waals surface area contributed by atoms with Crippen molar-refractivity contribution in [3.05, 3.63) is 53.1 Å². The number of nitrogens with one attached hydrogen (secondary N) is 1. The third-order valence-corrected chi connectivity index (χ3v) is 5.19. The van der Waals surface area contributed by atoms with Crippen LogP contribution in [-0.4, -0.2) is 16.0 Å². The molecule has 0 amide bonds. The quantitative estimate of drug-likeness (QED) is 0.687. The van der Waals surface area contributed by atoms with Gasteiger partial charge in [-0.05, 0) is 43.0 Å². The molecule has 2 aromatic heterocycles. The smallest absolute Gasteiger partial charge is 0.138 e. The van der Waals surface area contributed by atoms with Crippen molar-refractivity contribution in [2.45, 2.75) is 37.6 Å². The van der Waals surface area contributed by atoms with Gasteiger partial charge in [-0.2, -0.15) is 0 Å². The number of aromatic amines is 1. The van der Waals surface area contributed by atoms with Gasteiger partial charge in [0.25, 0.3) is 0 Å². The number of nitrogens with zero attached hydrogens (tertiary/aromatic N) is 1. The van der Waals surface area contributed by atoms with Crippen molar-refractivity contribution in [1.82, 2.24) is 9.97 Å². The summed E-state index contributed by atoms with van der Waals surface area (Å²) in [7, 11) is 0. The van der Waals surface area contributed by atoms with Crippen LogP contribution >= 0.6 is 11.6 Å². The first-order valence-corrected chi connectivity index (χ1v) is 8.68. The normalized spacial score (nSPS) is 21.3. The van der Waals surface area contributed by atoms with Crippen LogP contribution in [0.5, 0.6) is 0 Å². The van der Waals surface area contributed by atoms with E-state index in [1.165, 1.54) is 12.1 Å². The molecular weight excluding hydrogens is 325 g/mol. The van der Waals surface area contributed by atoms with Gasteiger partial charge in [0.15, 0.2) is 0 Å². The van der Waals surface area contributed by atoms with Crippen molar-refractivity contribution in [2.24, 2.45) is 5.73 Å². The lowest BCUT2D eigenvalue weighted by Gasteiger charge is -2.25. The molecule has 2 heterocycles. The summed E-state index contributed by atoms with van der Waals surface area (Å²) in [5.74, 6) is 0.143. The van der Waals surface area contributed by atoms with Gasteiger partial charge in [0.05, 0.1) is 5.02 Å². The molecule has 1 aliphatic rings. The van der Waals surface area contributed by atoms with E-state index >= 15 is 0 Å². The van der Waals surface area contributed by atoms with Crippen molar-refractivity contribution >= 4 is 22.6 Å². The molecule has 1 fully saturated rings. The fourth-order valence-electron chi connectivity index (χ4n) is 3.74. The Hall–Kier alpha value is -1.91. The first-order chi connectivity index (χ1) is 11.6. The monoisotopic (exact) mass is 343 g/mol. The molecule has 0 aliphatic heterocycles. The van der Waals surface area contributed by atoms with Gasteiger partial charge >= 0.3 is 0 Å². The predicted molar refractivity (Wildman–Crippen MR) is 95.7 cm³/mol. The molecule has 0 saturated heterocycles. The molecule has 0 bridgehead atoms. The van der Waals surface area contributed by atoms with Crippen molar-refractivity contribution in [3.8, 4) is 11.1 Å². The minimum Gasteiger partial charge on any atom is -0.343 e. The van der Waals surface area contributed by atoms with Crippen molar-refractivity contribution < 1.29 is 4.39 Å². The van der Waals surface area contributed by atoms with E-state index in [0.29, 0.717) is 10.9 Å². The summed E-state index contributed by atoms with van der Waals surface area (Å²) in [6, 6.07) is 8.87. The molecule has 3 N–H and O–H groups in total. The lowest BCUT2D eigenvalue weighted by atomic mass is 9.84. The number of nitrogens with two attached hydrogens (primary N) is 1. The number of hydrogen-bond acceptors (Lipinski definition) is 2. The van der Waals surface area contributed by atoms with Crippen molar-refractivity contribution in [3.63, 3.8) is 0 Å². The molecule has 1 saturated carbocycles. The van der Waals surface area contributed by atoms with E-state index in [-0.39, 0.29) is 11.9 Å². The second-order valence-corrected chi connectivity index (χ2v) is 7.01. The van der Waals surface area contributed by atoms with E-state index in [1.54, 1.807) is 12.3 Å². The second kappa shape index (κ2) is 6.19. The Morgan fingerprint density at radius 1 is 1.25 bits per heavy atom. The third kappa shape index (κ3) is 2.80. The number of rotatable bonds is 2. The Balaban J connectivity index is 1.83. The van der Waals surface area contributed by atoms with E-state index in [9.17, 15) is 4.39 Å². The van der Waals surface area contributed by atoms with E-state index < -0.39 is 0 Å². The van der Waals surface area contributed by atoms with Gasteiger partial charge in [0, 0.05) is 34.8 Å². The largest absolute Gasteiger partial charge is 0.343 e. The summed E-state index contributed by atoms with van der Waals surface area (Å²) >= 11 is 6.39. The number of hydrogen-bond donors (Lipinski definition) is 2.